The summed E-state index contributed by atoms with van der Waals surface area (Å²) in [6.07, 6.45) is 12.0. The first-order chi connectivity index (χ1) is 18.5. The topological polar surface area (TPSA) is 96.5 Å². The molecule has 1 aromatic heterocycles. The molecular weight excluding hydrogens is 502 g/mol. The zero-order chi connectivity index (χ0) is 26.1. The molecule has 3 fully saturated rings. The van der Waals surface area contributed by atoms with Gasteiger partial charge < -0.3 is 20.3 Å². The molecule has 0 bridgehead atoms. The van der Waals surface area contributed by atoms with Crippen LogP contribution in [0, 0.1) is 11.8 Å². The van der Waals surface area contributed by atoms with Crippen LogP contribution in [0.4, 0.5) is 5.95 Å². The summed E-state index contributed by atoms with van der Waals surface area (Å²) in [5, 5.41) is 7.10. The fourth-order valence-corrected chi connectivity index (χ4v) is 7.04. The lowest BCUT2D eigenvalue weighted by molar-refractivity contribution is -0.123. The Labute approximate surface area is 228 Å². The van der Waals surface area contributed by atoms with E-state index in [-0.39, 0.29) is 30.4 Å². The summed E-state index contributed by atoms with van der Waals surface area (Å²) in [6.45, 7) is 1.97. The van der Waals surface area contributed by atoms with Gasteiger partial charge in [0.2, 0.25) is 11.9 Å². The number of benzene rings is 1. The van der Waals surface area contributed by atoms with Crippen molar-refractivity contribution in [3.8, 4) is 11.3 Å². The highest BCUT2D eigenvalue weighted by Gasteiger charge is 2.36. The van der Waals surface area contributed by atoms with Crippen molar-refractivity contribution in [3.63, 3.8) is 0 Å². The summed E-state index contributed by atoms with van der Waals surface area (Å²) >= 11 is 6.48. The minimum absolute atomic E-state index is 0.0507. The molecule has 2 aromatic rings. The minimum Gasteiger partial charge on any atom is -0.381 e. The maximum absolute atomic E-state index is 13.3. The van der Waals surface area contributed by atoms with E-state index in [4.69, 9.17) is 16.3 Å². The van der Waals surface area contributed by atoms with E-state index in [1.54, 1.807) is 11.1 Å². The molecule has 0 radical (unpaired) electrons. The molecular formula is C29H36ClN5O3. The van der Waals surface area contributed by atoms with Crippen LogP contribution in [-0.4, -0.2) is 58.5 Å². The third kappa shape index (κ3) is 5.38. The van der Waals surface area contributed by atoms with Gasteiger partial charge in [-0.15, -0.1) is 0 Å². The number of halogens is 1. The van der Waals surface area contributed by atoms with Gasteiger partial charge in [-0.25, -0.2) is 9.97 Å². The summed E-state index contributed by atoms with van der Waals surface area (Å²) in [5.74, 6) is 1.69. The Morgan fingerprint density at radius 1 is 1.08 bits per heavy atom. The van der Waals surface area contributed by atoms with E-state index in [9.17, 15) is 9.59 Å². The molecule has 4 aliphatic rings. The second-order valence-corrected chi connectivity index (χ2v) is 11.7. The maximum atomic E-state index is 13.3. The predicted octanol–water partition coefficient (Wildman–Crippen LogP) is 4.82. The van der Waals surface area contributed by atoms with Gasteiger partial charge in [0, 0.05) is 43.0 Å². The van der Waals surface area contributed by atoms with E-state index >= 15 is 0 Å². The number of nitrogens with zero attached hydrogens (tertiary/aromatic N) is 3. The van der Waals surface area contributed by atoms with Crippen molar-refractivity contribution in [2.24, 2.45) is 11.8 Å². The summed E-state index contributed by atoms with van der Waals surface area (Å²) in [6, 6.07) is 6.23. The number of rotatable bonds is 6. The van der Waals surface area contributed by atoms with Crippen molar-refractivity contribution in [1.29, 1.82) is 0 Å². The maximum Gasteiger partial charge on any atom is 0.254 e. The number of amides is 2. The number of hydrogen-bond donors (Lipinski definition) is 2. The molecule has 38 heavy (non-hydrogen) atoms. The average molecular weight is 538 g/mol. The number of fused-ring (bicyclic) bond motifs is 2. The monoisotopic (exact) mass is 537 g/mol. The van der Waals surface area contributed by atoms with Crippen molar-refractivity contribution in [2.75, 3.05) is 25.1 Å². The lowest BCUT2D eigenvalue weighted by atomic mass is 9.68. The fourth-order valence-electron chi connectivity index (χ4n) is 6.84. The van der Waals surface area contributed by atoms with Crippen LogP contribution in [0.3, 0.4) is 0 Å². The van der Waals surface area contributed by atoms with Gasteiger partial charge in [0.1, 0.15) is 6.54 Å². The summed E-state index contributed by atoms with van der Waals surface area (Å²) in [5.41, 5.74) is 2.87. The molecule has 3 heterocycles. The van der Waals surface area contributed by atoms with E-state index in [0.29, 0.717) is 34.7 Å². The first-order valence-electron chi connectivity index (χ1n) is 14.1. The SMILES string of the molecule is O=C(CN1Cc2ccc(-c3nc(NC4CCOCC4)ncc3Cl)cc2C1=O)N[C@H]1CCCC2CCCCC21. The van der Waals surface area contributed by atoms with E-state index in [2.05, 4.69) is 20.6 Å². The van der Waals surface area contributed by atoms with E-state index in [0.717, 1.165) is 49.5 Å². The normalized spacial score (nSPS) is 25.6. The van der Waals surface area contributed by atoms with Crippen molar-refractivity contribution in [1.82, 2.24) is 20.2 Å². The molecule has 2 unspecified atom stereocenters. The molecule has 0 spiro atoms. The third-order valence-corrected chi connectivity index (χ3v) is 9.09. The van der Waals surface area contributed by atoms with Crippen LogP contribution in [-0.2, 0) is 16.1 Å². The van der Waals surface area contributed by atoms with Crippen molar-refractivity contribution < 1.29 is 14.3 Å². The van der Waals surface area contributed by atoms with E-state index in [1.165, 1.54) is 38.5 Å². The predicted molar refractivity (Wildman–Crippen MR) is 146 cm³/mol. The third-order valence-electron chi connectivity index (χ3n) is 8.82. The molecule has 3 atom stereocenters. The quantitative estimate of drug-likeness (QED) is 0.548. The number of carbonyl (C=O) groups is 2. The largest absolute Gasteiger partial charge is 0.381 e. The molecule has 2 N–H and O–H groups in total. The van der Waals surface area contributed by atoms with Crippen LogP contribution in [0.1, 0.15) is 73.7 Å². The van der Waals surface area contributed by atoms with Crippen molar-refractivity contribution in [3.05, 3.63) is 40.5 Å². The minimum atomic E-state index is -0.123. The first-order valence-corrected chi connectivity index (χ1v) is 14.5. The summed E-state index contributed by atoms with van der Waals surface area (Å²) < 4.78 is 5.43. The fraction of sp³-hybridized carbons (Fsp3) is 0.586. The number of anilines is 1. The van der Waals surface area contributed by atoms with Gasteiger partial charge in [-0.2, -0.15) is 0 Å². The Morgan fingerprint density at radius 2 is 1.89 bits per heavy atom. The molecule has 2 amide bonds. The van der Waals surface area contributed by atoms with Gasteiger partial charge >= 0.3 is 0 Å². The van der Waals surface area contributed by atoms with Gasteiger partial charge in [0.15, 0.2) is 0 Å². The van der Waals surface area contributed by atoms with Crippen LogP contribution >= 0.6 is 11.6 Å². The number of nitrogens with one attached hydrogen (secondary N) is 2. The Balaban J connectivity index is 1.12. The number of ether oxygens (including phenoxy) is 1. The molecule has 1 saturated heterocycles. The van der Waals surface area contributed by atoms with Crippen molar-refractivity contribution >= 4 is 29.4 Å². The first kappa shape index (κ1) is 25.6. The highest BCUT2D eigenvalue weighted by molar-refractivity contribution is 6.33. The number of hydrogen-bond acceptors (Lipinski definition) is 6. The van der Waals surface area contributed by atoms with Gasteiger partial charge in [0.25, 0.3) is 5.91 Å². The second kappa shape index (κ2) is 11.2. The lowest BCUT2D eigenvalue weighted by Gasteiger charge is -2.41. The van der Waals surface area contributed by atoms with Crippen LogP contribution in [0.5, 0.6) is 0 Å². The second-order valence-electron chi connectivity index (χ2n) is 11.3. The molecule has 2 aliphatic heterocycles. The van der Waals surface area contributed by atoms with E-state index < -0.39 is 0 Å². The Kier molecular flexibility index (Phi) is 7.52. The smallest absolute Gasteiger partial charge is 0.254 e. The number of carbonyl (C=O) groups excluding carboxylic acids is 2. The van der Waals surface area contributed by atoms with E-state index in [1.807, 2.05) is 18.2 Å². The molecule has 1 aromatic carbocycles. The van der Waals surface area contributed by atoms with Gasteiger partial charge in [-0.05, 0) is 49.1 Å². The zero-order valence-electron chi connectivity index (χ0n) is 21.8. The Hall–Kier alpha value is -2.71. The van der Waals surface area contributed by atoms with Gasteiger partial charge in [-0.1, -0.05) is 55.8 Å². The molecule has 9 heteroatoms. The van der Waals surface area contributed by atoms with Gasteiger partial charge in [0.05, 0.1) is 16.9 Å². The number of aromatic nitrogens is 2. The van der Waals surface area contributed by atoms with Crippen LogP contribution < -0.4 is 10.6 Å². The van der Waals surface area contributed by atoms with Gasteiger partial charge in [-0.3, -0.25) is 9.59 Å². The molecule has 8 nitrogen and oxygen atoms in total. The molecule has 2 aliphatic carbocycles. The van der Waals surface area contributed by atoms with Crippen LogP contribution in [0.25, 0.3) is 11.3 Å². The Morgan fingerprint density at radius 3 is 2.76 bits per heavy atom. The summed E-state index contributed by atoms with van der Waals surface area (Å²) in [7, 11) is 0. The average Bonchev–Trinajstić information content (AvgIpc) is 3.24. The van der Waals surface area contributed by atoms with Crippen LogP contribution in [0.15, 0.2) is 24.4 Å². The molecule has 202 valence electrons. The highest BCUT2D eigenvalue weighted by atomic mass is 35.5. The molecule has 6 rings (SSSR count). The Bertz CT molecular complexity index is 1200. The highest BCUT2D eigenvalue weighted by Crippen LogP contribution is 2.40. The van der Waals surface area contributed by atoms with Crippen molar-refractivity contribution in [2.45, 2.75) is 76.4 Å². The standard InChI is InChI=1S/C29H36ClN5O3/c30-24-15-31-29(32-21-10-12-38-13-11-21)34-27(24)19-8-9-20-16-35(28(37)23(20)14-19)17-26(36)33-25-7-3-5-18-4-1-2-6-22(18)25/h8-9,14-15,18,21-22,25H,1-7,10-13,16-17H2,(H,33,36)(H,31,32,34)/t18?,22?,25-/m0/s1. The lowest BCUT2D eigenvalue weighted by Crippen LogP contribution is -2.49. The van der Waals surface area contributed by atoms with Crippen LogP contribution in [0.2, 0.25) is 5.02 Å². The molecule has 2 saturated carbocycles. The zero-order valence-corrected chi connectivity index (χ0v) is 22.5. The summed E-state index contributed by atoms with van der Waals surface area (Å²) in [4.78, 5) is 37.0.